The summed E-state index contributed by atoms with van der Waals surface area (Å²) >= 11 is 0. The summed E-state index contributed by atoms with van der Waals surface area (Å²) in [6, 6.07) is 3.47. The Hall–Kier alpha value is -2.04. The van der Waals surface area contributed by atoms with Crippen LogP contribution in [0.1, 0.15) is 11.3 Å². The number of hydrogen-bond donors (Lipinski definition) is 2. The Morgan fingerprint density at radius 3 is 2.56 bits per heavy atom. The molecule has 0 saturated heterocycles. The highest BCUT2D eigenvalue weighted by Crippen LogP contribution is 2.23. The van der Waals surface area contributed by atoms with Crippen LogP contribution in [0.2, 0.25) is 0 Å². The van der Waals surface area contributed by atoms with Gasteiger partial charge in [0.15, 0.2) is 0 Å². The van der Waals surface area contributed by atoms with Crippen LogP contribution in [0.4, 0.5) is 8.78 Å². The fraction of sp³-hybridized carbons (Fsp3) is 0.0909. The molecule has 0 unspecified atom stereocenters. The van der Waals surface area contributed by atoms with Gasteiger partial charge in [0.05, 0.1) is 0 Å². The molecule has 1 aromatic carbocycles. The molecule has 0 amide bonds. The summed E-state index contributed by atoms with van der Waals surface area (Å²) < 4.78 is 27.0. The van der Waals surface area contributed by atoms with E-state index in [0.717, 1.165) is 12.1 Å². The highest BCUT2D eigenvalue weighted by molar-refractivity contribution is 6.07. The minimum atomic E-state index is -0.630. The zero-order chi connectivity index (χ0) is 11.9. The fourth-order valence-electron chi connectivity index (χ4n) is 1.61. The number of amidine groups is 1. The molecule has 2 rings (SSSR count). The van der Waals surface area contributed by atoms with Gasteiger partial charge in [-0.25, -0.2) is 13.8 Å². The quantitative estimate of drug-likeness (QED) is 0.572. The number of nitrogens with zero attached hydrogens (tertiary/aromatic N) is 1. The maximum Gasteiger partial charge on any atom is 0.149 e. The number of nitrogen functional groups attached to an aromatic ring is 1. The highest BCUT2D eigenvalue weighted by Gasteiger charge is 2.14. The molecule has 5 heteroatoms. The number of fused-ring (bicyclic) bond motifs is 1. The Morgan fingerprint density at radius 1 is 1.31 bits per heavy atom. The molecule has 0 bridgehead atoms. The van der Waals surface area contributed by atoms with E-state index in [-0.39, 0.29) is 22.3 Å². The smallest absolute Gasteiger partial charge is 0.149 e. The summed E-state index contributed by atoms with van der Waals surface area (Å²) in [5, 5.41) is 7.30. The van der Waals surface area contributed by atoms with Crippen molar-refractivity contribution in [1.29, 1.82) is 5.41 Å². The first-order chi connectivity index (χ1) is 7.50. The maximum absolute atomic E-state index is 13.6. The molecule has 82 valence electrons. The highest BCUT2D eigenvalue weighted by atomic mass is 19.1. The van der Waals surface area contributed by atoms with E-state index in [4.69, 9.17) is 11.1 Å². The number of nitrogens with two attached hydrogens (primary N) is 1. The van der Waals surface area contributed by atoms with Crippen molar-refractivity contribution in [1.82, 2.24) is 4.98 Å². The van der Waals surface area contributed by atoms with E-state index in [9.17, 15) is 8.78 Å². The van der Waals surface area contributed by atoms with Gasteiger partial charge < -0.3 is 5.73 Å². The normalized spacial score (nSPS) is 10.7. The van der Waals surface area contributed by atoms with E-state index in [1.807, 2.05) is 0 Å². The number of aryl methyl sites for hydroxylation is 1. The van der Waals surface area contributed by atoms with Crippen LogP contribution in [0.25, 0.3) is 10.9 Å². The van der Waals surface area contributed by atoms with Gasteiger partial charge in [0, 0.05) is 16.6 Å². The third-order valence-corrected chi connectivity index (χ3v) is 2.28. The molecule has 3 N–H and O–H groups in total. The van der Waals surface area contributed by atoms with Crippen LogP contribution in [0.15, 0.2) is 18.2 Å². The molecular formula is C11H9F2N3. The Labute approximate surface area is 90.4 Å². The average molecular weight is 221 g/mol. The molecule has 2 aromatic rings. The maximum atomic E-state index is 13.6. The van der Waals surface area contributed by atoms with E-state index in [1.165, 1.54) is 6.07 Å². The van der Waals surface area contributed by atoms with Crippen molar-refractivity contribution in [3.8, 4) is 0 Å². The molecule has 0 aliphatic heterocycles. The van der Waals surface area contributed by atoms with Gasteiger partial charge in [-0.2, -0.15) is 0 Å². The van der Waals surface area contributed by atoms with E-state index in [2.05, 4.69) is 4.98 Å². The first kappa shape index (κ1) is 10.5. The van der Waals surface area contributed by atoms with Gasteiger partial charge in [0.1, 0.15) is 23.0 Å². The molecule has 0 atom stereocenters. The minimum absolute atomic E-state index is 0.0434. The van der Waals surface area contributed by atoms with Gasteiger partial charge in [-0.05, 0) is 25.1 Å². The van der Waals surface area contributed by atoms with E-state index >= 15 is 0 Å². The lowest BCUT2D eigenvalue weighted by molar-refractivity contribution is 0.615. The molecule has 0 spiro atoms. The van der Waals surface area contributed by atoms with Crippen molar-refractivity contribution >= 4 is 16.7 Å². The topological polar surface area (TPSA) is 62.8 Å². The number of benzene rings is 1. The number of halogens is 2. The minimum Gasteiger partial charge on any atom is -0.384 e. The number of nitrogens with one attached hydrogen (secondary N) is 1. The number of aromatic nitrogens is 1. The first-order valence-electron chi connectivity index (χ1n) is 4.60. The Morgan fingerprint density at radius 2 is 1.94 bits per heavy atom. The van der Waals surface area contributed by atoms with Crippen molar-refractivity contribution in [2.75, 3.05) is 0 Å². The second-order valence-corrected chi connectivity index (χ2v) is 3.48. The van der Waals surface area contributed by atoms with Crippen LogP contribution in [-0.2, 0) is 0 Å². The third-order valence-electron chi connectivity index (χ3n) is 2.28. The Kier molecular flexibility index (Phi) is 2.30. The molecule has 3 nitrogen and oxygen atoms in total. The van der Waals surface area contributed by atoms with E-state index in [0.29, 0.717) is 5.69 Å². The molecule has 0 aliphatic rings. The number of pyridine rings is 1. The van der Waals surface area contributed by atoms with E-state index < -0.39 is 11.6 Å². The molecule has 1 aromatic heterocycles. The summed E-state index contributed by atoms with van der Waals surface area (Å²) in [6.07, 6.45) is 0. The van der Waals surface area contributed by atoms with E-state index in [1.54, 1.807) is 6.92 Å². The van der Waals surface area contributed by atoms with Crippen LogP contribution in [-0.4, -0.2) is 10.8 Å². The van der Waals surface area contributed by atoms with Gasteiger partial charge in [-0.1, -0.05) is 0 Å². The second-order valence-electron chi connectivity index (χ2n) is 3.48. The second kappa shape index (κ2) is 3.52. The standard InChI is InChI=1S/C11H9F2N3/c1-5-4-6(11(14)15)9-7(12)2-3-8(13)10(9)16-5/h2-4H,1H3,(H3,14,15). The molecule has 0 saturated carbocycles. The van der Waals surface area contributed by atoms with Crippen molar-refractivity contribution in [3.63, 3.8) is 0 Å². The monoisotopic (exact) mass is 221 g/mol. The van der Waals surface area contributed by atoms with Crippen LogP contribution < -0.4 is 5.73 Å². The van der Waals surface area contributed by atoms with Gasteiger partial charge in [0.2, 0.25) is 0 Å². The third kappa shape index (κ3) is 1.50. The summed E-state index contributed by atoms with van der Waals surface area (Å²) in [6.45, 7) is 1.64. The molecular weight excluding hydrogens is 212 g/mol. The van der Waals surface area contributed by atoms with Crippen LogP contribution in [0, 0.1) is 24.0 Å². The van der Waals surface area contributed by atoms with Gasteiger partial charge >= 0.3 is 0 Å². The van der Waals surface area contributed by atoms with Gasteiger partial charge in [0.25, 0.3) is 0 Å². The van der Waals surface area contributed by atoms with Crippen LogP contribution in [0.5, 0.6) is 0 Å². The lowest BCUT2D eigenvalue weighted by Crippen LogP contribution is -2.13. The molecule has 1 heterocycles. The van der Waals surface area contributed by atoms with Crippen LogP contribution >= 0.6 is 0 Å². The zero-order valence-electron chi connectivity index (χ0n) is 8.51. The Bertz CT molecular complexity index is 593. The van der Waals surface area contributed by atoms with Crippen LogP contribution in [0.3, 0.4) is 0 Å². The largest absolute Gasteiger partial charge is 0.384 e. The van der Waals surface area contributed by atoms with Crippen molar-refractivity contribution in [3.05, 3.63) is 41.1 Å². The number of rotatable bonds is 1. The SMILES string of the molecule is Cc1cc(C(=N)N)c2c(F)ccc(F)c2n1. The molecule has 0 aliphatic carbocycles. The number of hydrogen-bond acceptors (Lipinski definition) is 2. The lowest BCUT2D eigenvalue weighted by Gasteiger charge is -2.07. The first-order valence-corrected chi connectivity index (χ1v) is 4.60. The molecule has 16 heavy (non-hydrogen) atoms. The lowest BCUT2D eigenvalue weighted by atomic mass is 10.1. The zero-order valence-corrected chi connectivity index (χ0v) is 8.51. The Balaban J connectivity index is 3.00. The predicted molar refractivity (Wildman–Crippen MR) is 57.4 cm³/mol. The van der Waals surface area contributed by atoms with Crippen molar-refractivity contribution < 1.29 is 8.78 Å². The van der Waals surface area contributed by atoms with Crippen molar-refractivity contribution in [2.45, 2.75) is 6.92 Å². The van der Waals surface area contributed by atoms with Gasteiger partial charge in [-0.15, -0.1) is 0 Å². The summed E-state index contributed by atoms with van der Waals surface area (Å²) in [5.74, 6) is -1.56. The van der Waals surface area contributed by atoms with Crippen molar-refractivity contribution in [2.24, 2.45) is 5.73 Å². The fourth-order valence-corrected chi connectivity index (χ4v) is 1.61. The molecule has 0 fully saturated rings. The van der Waals surface area contributed by atoms with Gasteiger partial charge in [-0.3, -0.25) is 5.41 Å². The summed E-state index contributed by atoms with van der Waals surface area (Å²) in [7, 11) is 0. The predicted octanol–water partition coefficient (Wildman–Crippen LogP) is 2.11. The molecule has 0 radical (unpaired) electrons. The summed E-state index contributed by atoms with van der Waals surface area (Å²) in [5.41, 5.74) is 5.90. The summed E-state index contributed by atoms with van der Waals surface area (Å²) in [4.78, 5) is 3.91. The average Bonchev–Trinajstić information content (AvgIpc) is 2.22.